The van der Waals surface area contributed by atoms with Gasteiger partial charge in [-0.05, 0) is 38.1 Å². The third-order valence-electron chi connectivity index (χ3n) is 4.78. The summed E-state index contributed by atoms with van der Waals surface area (Å²) >= 11 is 0. The summed E-state index contributed by atoms with van der Waals surface area (Å²) in [6.45, 7) is 3.17. The van der Waals surface area contributed by atoms with Crippen LogP contribution >= 0.6 is 0 Å². The number of Topliss-reactive ketones (excluding diaryl/α,β-unsaturated/α-hetero) is 2. The second-order valence-corrected chi connectivity index (χ2v) is 6.60. The molecule has 2 aliphatic rings. The van der Waals surface area contributed by atoms with Gasteiger partial charge in [-0.25, -0.2) is 13.8 Å². The highest BCUT2D eigenvalue weighted by Gasteiger charge is 2.36. The molecular weight excluding hydrogens is 356 g/mol. The van der Waals surface area contributed by atoms with Gasteiger partial charge in [-0.1, -0.05) is 6.07 Å². The third-order valence-corrected chi connectivity index (χ3v) is 4.78. The number of carbonyl (C=O) groups is 2. The van der Waals surface area contributed by atoms with E-state index in [9.17, 15) is 18.4 Å². The van der Waals surface area contributed by atoms with Gasteiger partial charge in [0.1, 0.15) is 17.2 Å². The first-order chi connectivity index (χ1) is 13.0. The second-order valence-electron chi connectivity index (χ2n) is 6.60. The number of halogens is 2. The van der Waals surface area contributed by atoms with E-state index in [0.29, 0.717) is 6.54 Å². The van der Waals surface area contributed by atoms with Crippen LogP contribution in [-0.4, -0.2) is 53.3 Å². The van der Waals surface area contributed by atoms with E-state index in [2.05, 4.69) is 14.9 Å². The smallest absolute Gasteiger partial charge is 0.233 e. The van der Waals surface area contributed by atoms with Crippen LogP contribution in [0.2, 0.25) is 0 Å². The topological polar surface area (TPSA) is 75.8 Å². The summed E-state index contributed by atoms with van der Waals surface area (Å²) in [6.07, 6.45) is 2.12. The summed E-state index contributed by atoms with van der Waals surface area (Å²) in [5.74, 6) is -3.45. The zero-order chi connectivity index (χ0) is 19.0. The number of carbonyl (C=O) groups excluding carboxylic acids is 2. The lowest BCUT2D eigenvalue weighted by atomic mass is 9.97. The zero-order valence-corrected chi connectivity index (χ0v) is 14.5. The fourth-order valence-electron chi connectivity index (χ4n) is 3.38. The molecule has 0 bridgehead atoms. The molecule has 1 aliphatic heterocycles. The maximum absolute atomic E-state index is 13.9. The summed E-state index contributed by atoms with van der Waals surface area (Å²) in [6, 6.07) is 3.31. The summed E-state index contributed by atoms with van der Waals surface area (Å²) in [5.41, 5.74) is -0.621. The lowest BCUT2D eigenvalue weighted by molar-refractivity contribution is 0.0940. The van der Waals surface area contributed by atoms with Crippen LogP contribution in [0.25, 0.3) is 11.5 Å². The van der Waals surface area contributed by atoms with Crippen molar-refractivity contribution >= 4 is 17.3 Å². The molecule has 2 heterocycles. The SMILES string of the molecule is O=C1C(=NCCN2CCCC2)CC(=O)c2oc(-c3c(F)cccc3F)nc21. The Bertz CT molecular complexity index is 925. The quantitative estimate of drug-likeness (QED) is 0.824. The van der Waals surface area contributed by atoms with Gasteiger partial charge >= 0.3 is 0 Å². The van der Waals surface area contributed by atoms with Crippen LogP contribution in [0.5, 0.6) is 0 Å². The Morgan fingerprint density at radius 1 is 1.15 bits per heavy atom. The molecular formula is C19H17F2N3O3. The molecule has 0 amide bonds. The molecule has 0 unspecified atom stereocenters. The first-order valence-electron chi connectivity index (χ1n) is 8.83. The molecule has 0 atom stereocenters. The van der Waals surface area contributed by atoms with Crippen LogP contribution in [0.1, 0.15) is 40.3 Å². The van der Waals surface area contributed by atoms with E-state index in [-0.39, 0.29) is 23.6 Å². The monoisotopic (exact) mass is 373 g/mol. The molecule has 1 aromatic carbocycles. The maximum Gasteiger partial charge on any atom is 0.233 e. The molecule has 0 spiro atoms. The number of likely N-dealkylation sites (tertiary alicyclic amines) is 1. The van der Waals surface area contributed by atoms with Crippen molar-refractivity contribution in [1.29, 1.82) is 0 Å². The number of fused-ring (bicyclic) bond motifs is 1. The molecule has 0 N–H and O–H groups in total. The molecule has 6 nitrogen and oxygen atoms in total. The van der Waals surface area contributed by atoms with Gasteiger partial charge in [-0.15, -0.1) is 0 Å². The molecule has 1 aromatic heterocycles. The van der Waals surface area contributed by atoms with Gasteiger partial charge in [0.25, 0.3) is 0 Å². The van der Waals surface area contributed by atoms with Crippen molar-refractivity contribution in [3.63, 3.8) is 0 Å². The van der Waals surface area contributed by atoms with Gasteiger partial charge in [-0.3, -0.25) is 14.6 Å². The third kappa shape index (κ3) is 3.32. The van der Waals surface area contributed by atoms with Crippen molar-refractivity contribution in [2.24, 2.45) is 4.99 Å². The van der Waals surface area contributed by atoms with E-state index in [1.807, 2.05) is 0 Å². The predicted octanol–water partition coefficient (Wildman–Crippen LogP) is 2.93. The fraction of sp³-hybridized carbons (Fsp3) is 0.368. The molecule has 0 saturated carbocycles. The number of benzene rings is 1. The highest BCUT2D eigenvalue weighted by molar-refractivity contribution is 6.52. The second kappa shape index (κ2) is 7.11. The lowest BCUT2D eigenvalue weighted by Gasteiger charge is -2.13. The molecule has 1 fully saturated rings. The van der Waals surface area contributed by atoms with Crippen molar-refractivity contribution in [2.75, 3.05) is 26.2 Å². The number of rotatable bonds is 4. The number of hydrogen-bond acceptors (Lipinski definition) is 6. The van der Waals surface area contributed by atoms with Crippen LogP contribution in [0.4, 0.5) is 8.78 Å². The lowest BCUT2D eigenvalue weighted by Crippen LogP contribution is -2.28. The van der Waals surface area contributed by atoms with Crippen molar-refractivity contribution in [2.45, 2.75) is 19.3 Å². The Kier molecular flexibility index (Phi) is 4.65. The van der Waals surface area contributed by atoms with E-state index in [0.717, 1.165) is 44.6 Å². The number of aromatic nitrogens is 1. The van der Waals surface area contributed by atoms with Gasteiger partial charge in [0, 0.05) is 6.54 Å². The summed E-state index contributed by atoms with van der Waals surface area (Å²) in [4.78, 5) is 35.3. The number of hydrogen-bond donors (Lipinski definition) is 0. The summed E-state index contributed by atoms with van der Waals surface area (Å²) < 4.78 is 33.1. The van der Waals surface area contributed by atoms with Gasteiger partial charge < -0.3 is 9.32 Å². The van der Waals surface area contributed by atoms with Gasteiger partial charge in [0.2, 0.25) is 23.2 Å². The van der Waals surface area contributed by atoms with Crippen LogP contribution in [0.15, 0.2) is 27.6 Å². The molecule has 0 radical (unpaired) electrons. The standard InChI is InChI=1S/C19H17F2N3O3/c20-11-4-3-5-12(21)15(11)19-23-16-17(26)13(10-14(25)18(16)27-19)22-6-9-24-7-1-2-8-24/h3-5H,1-2,6-10H2. The summed E-state index contributed by atoms with van der Waals surface area (Å²) in [5, 5.41) is 0. The van der Waals surface area contributed by atoms with Gasteiger partial charge in [0.15, 0.2) is 5.69 Å². The summed E-state index contributed by atoms with van der Waals surface area (Å²) in [7, 11) is 0. The Morgan fingerprint density at radius 3 is 2.56 bits per heavy atom. The number of aliphatic imine (C=N–C) groups is 1. The van der Waals surface area contributed by atoms with Crippen LogP contribution in [0, 0.1) is 11.6 Å². The van der Waals surface area contributed by atoms with Crippen LogP contribution in [0.3, 0.4) is 0 Å². The molecule has 2 aromatic rings. The van der Waals surface area contributed by atoms with E-state index in [4.69, 9.17) is 4.42 Å². The average Bonchev–Trinajstić information content (AvgIpc) is 3.29. The minimum Gasteiger partial charge on any atom is -0.432 e. The Labute approximate surface area is 153 Å². The van der Waals surface area contributed by atoms with Gasteiger partial charge in [0.05, 0.1) is 18.7 Å². The molecule has 27 heavy (non-hydrogen) atoms. The van der Waals surface area contributed by atoms with Crippen molar-refractivity contribution in [3.05, 3.63) is 41.3 Å². The van der Waals surface area contributed by atoms with Crippen LogP contribution < -0.4 is 0 Å². The number of ketones is 2. The predicted molar refractivity (Wildman–Crippen MR) is 93.1 cm³/mol. The van der Waals surface area contributed by atoms with Crippen molar-refractivity contribution < 1.29 is 22.8 Å². The Balaban J connectivity index is 1.60. The van der Waals surface area contributed by atoms with Crippen molar-refractivity contribution in [3.8, 4) is 11.5 Å². The molecule has 1 saturated heterocycles. The minimum absolute atomic E-state index is 0.112. The first-order valence-corrected chi connectivity index (χ1v) is 8.83. The highest BCUT2D eigenvalue weighted by Crippen LogP contribution is 2.30. The van der Waals surface area contributed by atoms with Crippen molar-refractivity contribution in [1.82, 2.24) is 9.88 Å². The van der Waals surface area contributed by atoms with E-state index in [1.54, 1.807) is 0 Å². The Hall–Kier alpha value is -2.74. The molecule has 140 valence electrons. The normalized spacial score (nSPS) is 19.1. The number of nitrogens with zero attached hydrogens (tertiary/aromatic N) is 3. The minimum atomic E-state index is -0.881. The number of oxazole rings is 1. The maximum atomic E-state index is 13.9. The largest absolute Gasteiger partial charge is 0.432 e. The molecule has 8 heteroatoms. The Morgan fingerprint density at radius 2 is 1.85 bits per heavy atom. The fourth-order valence-corrected chi connectivity index (χ4v) is 3.38. The molecule has 1 aliphatic carbocycles. The molecule has 4 rings (SSSR count). The highest BCUT2D eigenvalue weighted by atomic mass is 19.1. The van der Waals surface area contributed by atoms with E-state index >= 15 is 0 Å². The first kappa shape index (κ1) is 17.7. The average molecular weight is 373 g/mol. The van der Waals surface area contributed by atoms with Gasteiger partial charge in [-0.2, -0.15) is 0 Å². The zero-order valence-electron chi connectivity index (χ0n) is 14.5. The van der Waals surface area contributed by atoms with E-state index in [1.165, 1.54) is 6.07 Å². The van der Waals surface area contributed by atoms with Crippen LogP contribution in [-0.2, 0) is 0 Å². The van der Waals surface area contributed by atoms with E-state index < -0.39 is 34.7 Å².